The standard InChI is InChI=1S/C13H21NO3/c1-4-17-13-10(7-8-14-9(2)3)5-6-11(15)12(13)16/h5-6,9,14-16H,4,7-8H2,1-3H3. The number of aromatic hydroxyl groups is 2. The van der Waals surface area contributed by atoms with Crippen LogP contribution in [-0.4, -0.2) is 29.4 Å². The summed E-state index contributed by atoms with van der Waals surface area (Å²) in [5.74, 6) is 0.0703. The Balaban J connectivity index is 2.79. The van der Waals surface area contributed by atoms with Gasteiger partial charge in [-0.15, -0.1) is 0 Å². The first-order valence-electron chi connectivity index (χ1n) is 5.96. The highest BCUT2D eigenvalue weighted by molar-refractivity contribution is 5.54. The highest BCUT2D eigenvalue weighted by Crippen LogP contribution is 2.38. The molecule has 0 saturated heterocycles. The van der Waals surface area contributed by atoms with Crippen LogP contribution in [-0.2, 0) is 6.42 Å². The molecule has 0 amide bonds. The molecule has 0 aliphatic rings. The van der Waals surface area contributed by atoms with Crippen LogP contribution < -0.4 is 10.1 Å². The van der Waals surface area contributed by atoms with Gasteiger partial charge in [0.15, 0.2) is 11.5 Å². The second kappa shape index (κ2) is 6.35. The maximum atomic E-state index is 9.72. The molecule has 0 aromatic heterocycles. The molecule has 96 valence electrons. The van der Waals surface area contributed by atoms with Gasteiger partial charge in [-0.25, -0.2) is 0 Å². The van der Waals surface area contributed by atoms with E-state index in [9.17, 15) is 10.2 Å². The van der Waals surface area contributed by atoms with E-state index in [-0.39, 0.29) is 11.5 Å². The van der Waals surface area contributed by atoms with Gasteiger partial charge in [-0.2, -0.15) is 0 Å². The van der Waals surface area contributed by atoms with Gasteiger partial charge in [0.1, 0.15) is 0 Å². The number of ether oxygens (including phenoxy) is 1. The Morgan fingerprint density at radius 2 is 2.00 bits per heavy atom. The normalized spacial score (nSPS) is 10.8. The number of benzene rings is 1. The third-order valence-corrected chi connectivity index (χ3v) is 2.43. The summed E-state index contributed by atoms with van der Waals surface area (Å²) in [6.45, 7) is 7.28. The smallest absolute Gasteiger partial charge is 0.200 e. The molecule has 0 fully saturated rings. The van der Waals surface area contributed by atoms with Gasteiger partial charge in [-0.05, 0) is 31.5 Å². The van der Waals surface area contributed by atoms with Gasteiger partial charge in [0.25, 0.3) is 0 Å². The lowest BCUT2D eigenvalue weighted by Crippen LogP contribution is -2.25. The maximum absolute atomic E-state index is 9.72. The first-order valence-corrected chi connectivity index (χ1v) is 5.96. The SMILES string of the molecule is CCOc1c(CCNC(C)C)ccc(O)c1O. The third-order valence-electron chi connectivity index (χ3n) is 2.43. The van der Waals surface area contributed by atoms with Crippen LogP contribution in [0.4, 0.5) is 0 Å². The Morgan fingerprint density at radius 1 is 1.29 bits per heavy atom. The van der Waals surface area contributed by atoms with Crippen LogP contribution in [0.1, 0.15) is 26.3 Å². The zero-order valence-electron chi connectivity index (χ0n) is 10.7. The van der Waals surface area contributed by atoms with E-state index < -0.39 is 0 Å². The van der Waals surface area contributed by atoms with E-state index in [1.807, 2.05) is 6.92 Å². The molecule has 0 spiro atoms. The lowest BCUT2D eigenvalue weighted by atomic mass is 10.1. The lowest BCUT2D eigenvalue weighted by molar-refractivity contribution is 0.305. The summed E-state index contributed by atoms with van der Waals surface area (Å²) in [6.07, 6.45) is 0.751. The highest BCUT2D eigenvalue weighted by atomic mass is 16.5. The van der Waals surface area contributed by atoms with Crippen molar-refractivity contribution in [2.24, 2.45) is 0 Å². The molecule has 4 nitrogen and oxygen atoms in total. The van der Waals surface area contributed by atoms with Crippen LogP contribution in [0.5, 0.6) is 17.2 Å². The first-order chi connectivity index (χ1) is 8.06. The zero-order valence-corrected chi connectivity index (χ0v) is 10.7. The molecule has 1 rings (SSSR count). The average Bonchev–Trinajstić information content (AvgIpc) is 2.27. The Kier molecular flexibility index (Phi) is 5.10. The highest BCUT2D eigenvalue weighted by Gasteiger charge is 2.13. The summed E-state index contributed by atoms with van der Waals surface area (Å²) in [5, 5.41) is 22.4. The summed E-state index contributed by atoms with van der Waals surface area (Å²) in [4.78, 5) is 0. The molecule has 0 atom stereocenters. The van der Waals surface area contributed by atoms with Crippen molar-refractivity contribution in [3.63, 3.8) is 0 Å². The van der Waals surface area contributed by atoms with Gasteiger partial charge in [-0.3, -0.25) is 0 Å². The zero-order chi connectivity index (χ0) is 12.8. The van der Waals surface area contributed by atoms with Gasteiger partial charge in [0.2, 0.25) is 5.75 Å². The molecule has 1 aromatic rings. The predicted molar refractivity (Wildman–Crippen MR) is 67.8 cm³/mol. The fourth-order valence-corrected chi connectivity index (χ4v) is 1.60. The van der Waals surface area contributed by atoms with Crippen molar-refractivity contribution in [3.05, 3.63) is 17.7 Å². The van der Waals surface area contributed by atoms with Crippen LogP contribution in [0.3, 0.4) is 0 Å². The Hall–Kier alpha value is -1.42. The Morgan fingerprint density at radius 3 is 2.59 bits per heavy atom. The van der Waals surface area contributed by atoms with Crippen molar-refractivity contribution in [2.75, 3.05) is 13.2 Å². The molecule has 0 saturated carbocycles. The summed E-state index contributed by atoms with van der Waals surface area (Å²) in [7, 11) is 0. The van der Waals surface area contributed by atoms with Gasteiger partial charge in [0, 0.05) is 6.04 Å². The van der Waals surface area contributed by atoms with Crippen molar-refractivity contribution in [2.45, 2.75) is 33.2 Å². The molecule has 0 heterocycles. The molecular weight excluding hydrogens is 218 g/mol. The largest absolute Gasteiger partial charge is 0.504 e. The van der Waals surface area contributed by atoms with E-state index in [1.54, 1.807) is 6.07 Å². The minimum absolute atomic E-state index is 0.144. The van der Waals surface area contributed by atoms with Crippen LogP contribution in [0.25, 0.3) is 0 Å². The monoisotopic (exact) mass is 239 g/mol. The van der Waals surface area contributed by atoms with E-state index in [0.717, 1.165) is 18.5 Å². The predicted octanol–water partition coefficient (Wildman–Crippen LogP) is 2.04. The van der Waals surface area contributed by atoms with Gasteiger partial charge in [0.05, 0.1) is 6.61 Å². The van der Waals surface area contributed by atoms with Gasteiger partial charge >= 0.3 is 0 Å². The molecule has 3 N–H and O–H groups in total. The average molecular weight is 239 g/mol. The number of hydrogen-bond acceptors (Lipinski definition) is 4. The number of phenols is 2. The van der Waals surface area contributed by atoms with E-state index in [1.165, 1.54) is 6.07 Å². The first kappa shape index (κ1) is 13.6. The van der Waals surface area contributed by atoms with Crippen LogP contribution in [0.2, 0.25) is 0 Å². The van der Waals surface area contributed by atoms with Crippen molar-refractivity contribution < 1.29 is 14.9 Å². The second-order valence-electron chi connectivity index (χ2n) is 4.21. The van der Waals surface area contributed by atoms with Crippen LogP contribution >= 0.6 is 0 Å². The van der Waals surface area contributed by atoms with E-state index in [2.05, 4.69) is 19.2 Å². The fraction of sp³-hybridized carbons (Fsp3) is 0.538. The molecule has 0 aliphatic carbocycles. The fourth-order valence-electron chi connectivity index (χ4n) is 1.60. The number of rotatable bonds is 6. The van der Waals surface area contributed by atoms with Crippen molar-refractivity contribution in [3.8, 4) is 17.2 Å². The summed E-state index contributed by atoms with van der Waals surface area (Å²) < 4.78 is 5.37. The summed E-state index contributed by atoms with van der Waals surface area (Å²) in [5.41, 5.74) is 0.898. The summed E-state index contributed by atoms with van der Waals surface area (Å²) in [6, 6.07) is 3.70. The van der Waals surface area contributed by atoms with E-state index in [4.69, 9.17) is 4.74 Å². The third kappa shape index (κ3) is 3.82. The van der Waals surface area contributed by atoms with Crippen molar-refractivity contribution >= 4 is 0 Å². The van der Waals surface area contributed by atoms with Gasteiger partial charge < -0.3 is 20.3 Å². The molecule has 1 aromatic carbocycles. The van der Waals surface area contributed by atoms with Crippen LogP contribution in [0.15, 0.2) is 12.1 Å². The van der Waals surface area contributed by atoms with E-state index in [0.29, 0.717) is 18.4 Å². The molecule has 17 heavy (non-hydrogen) atoms. The molecule has 0 unspecified atom stereocenters. The quantitative estimate of drug-likeness (QED) is 0.665. The lowest BCUT2D eigenvalue weighted by Gasteiger charge is -2.14. The summed E-state index contributed by atoms with van der Waals surface area (Å²) >= 11 is 0. The van der Waals surface area contributed by atoms with E-state index >= 15 is 0 Å². The molecule has 0 radical (unpaired) electrons. The molecular formula is C13H21NO3. The van der Waals surface area contributed by atoms with Crippen molar-refractivity contribution in [1.29, 1.82) is 0 Å². The maximum Gasteiger partial charge on any atom is 0.200 e. The van der Waals surface area contributed by atoms with Gasteiger partial charge in [-0.1, -0.05) is 19.9 Å². The topological polar surface area (TPSA) is 61.7 Å². The van der Waals surface area contributed by atoms with Crippen molar-refractivity contribution in [1.82, 2.24) is 5.32 Å². The molecule has 4 heteroatoms. The Labute approximate surface area is 102 Å². The number of hydrogen-bond donors (Lipinski definition) is 3. The molecule has 0 aliphatic heterocycles. The minimum atomic E-state index is -0.172. The second-order valence-corrected chi connectivity index (χ2v) is 4.21. The van der Waals surface area contributed by atoms with Crippen LogP contribution in [0, 0.1) is 0 Å². The number of phenolic OH excluding ortho intramolecular Hbond substituents is 2. The minimum Gasteiger partial charge on any atom is -0.504 e. The molecule has 0 bridgehead atoms. The Bertz CT molecular complexity index is 364. The number of nitrogens with one attached hydrogen (secondary N) is 1.